The number of aliphatic hydroxyl groups is 1. The van der Waals surface area contributed by atoms with Gasteiger partial charge in [-0.15, -0.1) is 0 Å². The van der Waals surface area contributed by atoms with Crippen LogP contribution in [0.15, 0.2) is 42.5 Å². The number of anilines is 1. The van der Waals surface area contributed by atoms with Gasteiger partial charge in [-0.1, -0.05) is 19.1 Å². The molecule has 2 N–H and O–H groups in total. The topological polar surface area (TPSA) is 94.6 Å². The predicted octanol–water partition coefficient (Wildman–Crippen LogP) is 5.91. The lowest BCUT2D eigenvalue weighted by Crippen LogP contribution is -2.47. The quantitative estimate of drug-likeness (QED) is 0.305. The Bertz CT molecular complexity index is 1310. The van der Waals surface area contributed by atoms with E-state index < -0.39 is 17.8 Å². The molecular weight excluding hydrogens is 625 g/mol. The van der Waals surface area contributed by atoms with Gasteiger partial charge < -0.3 is 29.7 Å². The summed E-state index contributed by atoms with van der Waals surface area (Å²) in [6, 6.07) is 9.75. The molecule has 48 heavy (non-hydrogen) atoms. The number of likely N-dealkylation sites (N-methyl/N-ethyl adjacent to an activating group) is 1. The van der Waals surface area contributed by atoms with Crippen LogP contribution in [0.3, 0.4) is 0 Å². The van der Waals surface area contributed by atoms with Gasteiger partial charge in [0.2, 0.25) is 5.91 Å². The van der Waals surface area contributed by atoms with Crippen molar-refractivity contribution in [1.29, 1.82) is 0 Å². The number of amides is 2. The zero-order valence-corrected chi connectivity index (χ0v) is 29.2. The normalized spacial score (nSPS) is 20.6. The van der Waals surface area contributed by atoms with Gasteiger partial charge in [-0.3, -0.25) is 14.5 Å². The Hall–Kier alpha value is -3.19. The van der Waals surface area contributed by atoms with E-state index in [9.17, 15) is 27.9 Å². The van der Waals surface area contributed by atoms with Crippen LogP contribution in [-0.4, -0.2) is 104 Å². The van der Waals surface area contributed by atoms with Crippen molar-refractivity contribution in [1.82, 2.24) is 14.7 Å². The molecule has 0 aromatic heterocycles. The Morgan fingerprint density at radius 1 is 1.10 bits per heavy atom. The maximum atomic E-state index is 14.3. The third-order valence-electron chi connectivity index (χ3n) is 8.57. The largest absolute Gasteiger partial charge is 0.490 e. The summed E-state index contributed by atoms with van der Waals surface area (Å²) in [5.74, 6) is -0.219. The van der Waals surface area contributed by atoms with Gasteiger partial charge in [0.1, 0.15) is 5.75 Å². The van der Waals surface area contributed by atoms with E-state index in [1.807, 2.05) is 44.8 Å². The fourth-order valence-electron chi connectivity index (χ4n) is 5.72. The maximum absolute atomic E-state index is 14.3. The number of hydrogen-bond donors (Lipinski definition) is 2. The molecule has 12 heteroatoms. The Morgan fingerprint density at radius 3 is 2.46 bits per heavy atom. The number of benzene rings is 2. The first-order valence-electron chi connectivity index (χ1n) is 16.8. The molecule has 0 unspecified atom stereocenters. The number of fused-ring (bicyclic) bond motifs is 1. The Morgan fingerprint density at radius 2 is 1.81 bits per heavy atom. The SMILES string of the molecule is C[C@@H]1CCCCO[C@@H](CN(C)Cc2ccc(C(F)(F)F)cc2)[C@@H](C)CN([C@H](C)CO)C(=O)c2cc(NC(=O)CCCN(C)C)ccc2O1. The van der Waals surface area contributed by atoms with Crippen LogP contribution in [0.5, 0.6) is 5.75 Å². The van der Waals surface area contributed by atoms with Crippen molar-refractivity contribution in [2.45, 2.75) is 83.8 Å². The minimum atomic E-state index is -4.39. The smallest absolute Gasteiger partial charge is 0.416 e. The summed E-state index contributed by atoms with van der Waals surface area (Å²) in [6.07, 6.45) is -1.43. The fourth-order valence-corrected chi connectivity index (χ4v) is 5.72. The summed E-state index contributed by atoms with van der Waals surface area (Å²) < 4.78 is 51.8. The zero-order chi connectivity index (χ0) is 35.4. The van der Waals surface area contributed by atoms with E-state index in [0.717, 1.165) is 43.5 Å². The standard InChI is InChI=1S/C36H53F3N4O5/c1-25-21-43(26(2)24-44)35(46)31-20-30(40-34(45)11-9-18-41(4)5)16-17-32(31)48-27(3)10-7-8-19-47-33(25)23-42(6)22-28-12-14-29(15-13-28)36(37,38)39/h12-17,20,25-27,33,44H,7-11,18-19,21-24H2,1-6H3,(H,40,45)/t25-,26+,27+,33-/m0/s1. The lowest BCUT2D eigenvalue weighted by molar-refractivity contribution is -0.137. The second kappa shape index (κ2) is 18.5. The van der Waals surface area contributed by atoms with E-state index in [2.05, 4.69) is 5.32 Å². The Balaban J connectivity index is 1.85. The van der Waals surface area contributed by atoms with Gasteiger partial charge in [0.15, 0.2) is 0 Å². The molecule has 9 nitrogen and oxygen atoms in total. The number of nitrogens with zero attached hydrogens (tertiary/aromatic N) is 3. The molecule has 0 saturated carbocycles. The average Bonchev–Trinajstić information content (AvgIpc) is 3.02. The average molecular weight is 679 g/mol. The van der Waals surface area contributed by atoms with Crippen molar-refractivity contribution < 1.29 is 37.3 Å². The Labute approximate surface area is 283 Å². The number of halogens is 3. The van der Waals surface area contributed by atoms with Crippen molar-refractivity contribution in [3.8, 4) is 5.75 Å². The van der Waals surface area contributed by atoms with Crippen LogP contribution in [0, 0.1) is 5.92 Å². The van der Waals surface area contributed by atoms with Crippen LogP contribution in [-0.2, 0) is 22.3 Å². The van der Waals surface area contributed by atoms with Gasteiger partial charge in [0.25, 0.3) is 5.91 Å². The third kappa shape index (κ3) is 12.4. The molecule has 1 aliphatic rings. The molecule has 2 amide bonds. The van der Waals surface area contributed by atoms with E-state index in [0.29, 0.717) is 49.5 Å². The number of ether oxygens (including phenoxy) is 2. The molecule has 0 aliphatic carbocycles. The van der Waals surface area contributed by atoms with E-state index in [-0.39, 0.29) is 43.1 Å². The summed E-state index contributed by atoms with van der Waals surface area (Å²) in [4.78, 5) is 32.6. The summed E-state index contributed by atoms with van der Waals surface area (Å²) in [5.41, 5.74) is 0.853. The van der Waals surface area contributed by atoms with E-state index in [1.54, 1.807) is 30.0 Å². The summed E-state index contributed by atoms with van der Waals surface area (Å²) >= 11 is 0. The summed E-state index contributed by atoms with van der Waals surface area (Å²) in [5, 5.41) is 13.1. The fraction of sp³-hybridized carbons (Fsp3) is 0.611. The molecule has 268 valence electrons. The number of rotatable bonds is 11. The van der Waals surface area contributed by atoms with Crippen LogP contribution in [0.1, 0.15) is 74.4 Å². The number of carbonyl (C=O) groups is 2. The van der Waals surface area contributed by atoms with E-state index in [1.165, 1.54) is 12.1 Å². The second-order valence-electron chi connectivity index (χ2n) is 13.4. The molecule has 0 fully saturated rings. The monoisotopic (exact) mass is 678 g/mol. The second-order valence-corrected chi connectivity index (χ2v) is 13.4. The van der Waals surface area contributed by atoms with Crippen molar-refractivity contribution in [3.05, 3.63) is 59.2 Å². The van der Waals surface area contributed by atoms with E-state index in [4.69, 9.17) is 9.47 Å². The highest BCUT2D eigenvalue weighted by molar-refractivity contribution is 5.99. The van der Waals surface area contributed by atoms with Gasteiger partial charge in [-0.25, -0.2) is 0 Å². The molecule has 2 aromatic carbocycles. The molecule has 0 bridgehead atoms. The molecule has 2 aromatic rings. The van der Waals surface area contributed by atoms with Crippen LogP contribution >= 0.6 is 0 Å². The minimum Gasteiger partial charge on any atom is -0.490 e. The van der Waals surface area contributed by atoms with Crippen LogP contribution in [0.25, 0.3) is 0 Å². The molecule has 3 rings (SSSR count). The molecule has 1 aliphatic heterocycles. The van der Waals surface area contributed by atoms with Crippen molar-refractivity contribution in [2.75, 3.05) is 59.3 Å². The lowest BCUT2D eigenvalue weighted by atomic mass is 10.0. The number of carbonyl (C=O) groups excluding carboxylic acids is 2. The number of nitrogens with one attached hydrogen (secondary N) is 1. The van der Waals surface area contributed by atoms with Crippen molar-refractivity contribution >= 4 is 17.5 Å². The first kappa shape index (κ1) is 39.3. The predicted molar refractivity (Wildman–Crippen MR) is 181 cm³/mol. The zero-order valence-electron chi connectivity index (χ0n) is 29.2. The van der Waals surface area contributed by atoms with Gasteiger partial charge in [-0.2, -0.15) is 13.2 Å². The molecule has 4 atom stereocenters. The highest BCUT2D eigenvalue weighted by atomic mass is 19.4. The number of alkyl halides is 3. The van der Waals surface area contributed by atoms with Gasteiger partial charge in [0.05, 0.1) is 36.0 Å². The van der Waals surface area contributed by atoms with Gasteiger partial charge in [-0.05, 0) is 103 Å². The number of aliphatic hydroxyl groups excluding tert-OH is 1. The minimum absolute atomic E-state index is 0.144. The molecule has 1 heterocycles. The number of hydrogen-bond acceptors (Lipinski definition) is 7. The Kier molecular flexibility index (Phi) is 15.2. The summed E-state index contributed by atoms with van der Waals surface area (Å²) in [7, 11) is 5.80. The van der Waals surface area contributed by atoms with Crippen LogP contribution < -0.4 is 10.1 Å². The van der Waals surface area contributed by atoms with Crippen molar-refractivity contribution in [3.63, 3.8) is 0 Å². The van der Waals surface area contributed by atoms with Gasteiger partial charge in [0, 0.05) is 44.3 Å². The highest BCUT2D eigenvalue weighted by Crippen LogP contribution is 2.30. The molecular formula is C36H53F3N4O5. The van der Waals surface area contributed by atoms with Crippen LogP contribution in [0.2, 0.25) is 0 Å². The van der Waals surface area contributed by atoms with E-state index >= 15 is 0 Å². The van der Waals surface area contributed by atoms with Crippen molar-refractivity contribution in [2.24, 2.45) is 5.92 Å². The molecule has 0 saturated heterocycles. The first-order valence-corrected chi connectivity index (χ1v) is 16.8. The van der Waals surface area contributed by atoms with Crippen LogP contribution in [0.4, 0.5) is 18.9 Å². The maximum Gasteiger partial charge on any atom is 0.416 e. The molecule has 0 radical (unpaired) electrons. The highest BCUT2D eigenvalue weighted by Gasteiger charge is 2.31. The lowest BCUT2D eigenvalue weighted by Gasteiger charge is -2.36. The third-order valence-corrected chi connectivity index (χ3v) is 8.57. The summed E-state index contributed by atoms with van der Waals surface area (Å²) in [6.45, 7) is 7.94. The van der Waals surface area contributed by atoms with Gasteiger partial charge >= 0.3 is 6.18 Å². The molecule has 0 spiro atoms. The first-order chi connectivity index (χ1) is 22.7.